The molecule has 0 atom stereocenters. The molecular weight excluding hydrogens is 110 g/mol. The topological polar surface area (TPSA) is 3.24 Å². The van der Waals surface area contributed by atoms with E-state index in [-0.39, 0.29) is 0 Å². The molecule has 1 heteroatoms. The molecule has 52 valence electrons. The van der Waals surface area contributed by atoms with Crippen LogP contribution in [-0.4, -0.2) is 25.0 Å². The van der Waals surface area contributed by atoms with E-state index in [2.05, 4.69) is 24.9 Å². The predicted octanol–water partition coefficient (Wildman–Crippen LogP) is 1.66. The third-order valence-electron chi connectivity index (χ3n) is 1.92. The van der Waals surface area contributed by atoms with Gasteiger partial charge in [-0.25, -0.2) is 0 Å². The fraction of sp³-hybridized carbons (Fsp3) is 0.750. The van der Waals surface area contributed by atoms with Crippen molar-refractivity contribution in [3.8, 4) is 0 Å². The van der Waals surface area contributed by atoms with E-state index in [0.717, 1.165) is 0 Å². The second-order valence-corrected chi connectivity index (χ2v) is 2.79. The van der Waals surface area contributed by atoms with Crippen LogP contribution in [-0.2, 0) is 0 Å². The molecule has 1 aliphatic rings. The maximum Gasteiger partial charge on any atom is 0.0189 e. The summed E-state index contributed by atoms with van der Waals surface area (Å²) in [6.45, 7) is 4.60. The second-order valence-electron chi connectivity index (χ2n) is 2.79. The summed E-state index contributed by atoms with van der Waals surface area (Å²) >= 11 is 0. The van der Waals surface area contributed by atoms with Crippen LogP contribution in [0.4, 0.5) is 0 Å². The van der Waals surface area contributed by atoms with Crippen molar-refractivity contribution in [1.29, 1.82) is 0 Å². The third kappa shape index (κ3) is 1.83. The number of likely N-dealkylation sites (tertiary alicyclic amines) is 1. The van der Waals surface area contributed by atoms with Crippen molar-refractivity contribution in [2.24, 2.45) is 0 Å². The van der Waals surface area contributed by atoms with Crippen molar-refractivity contribution in [3.05, 3.63) is 11.6 Å². The zero-order valence-corrected chi connectivity index (χ0v) is 6.35. The molecule has 0 aliphatic carbocycles. The number of likely N-dealkylation sites (N-methyl/N-ethyl adjacent to an activating group) is 1. The van der Waals surface area contributed by atoms with Gasteiger partial charge in [0.1, 0.15) is 0 Å². The van der Waals surface area contributed by atoms with Crippen LogP contribution in [0.15, 0.2) is 11.6 Å². The number of nitrogens with zero attached hydrogens (tertiary/aromatic N) is 1. The lowest BCUT2D eigenvalue weighted by atomic mass is 10.1. The molecule has 0 unspecified atom stereocenters. The summed E-state index contributed by atoms with van der Waals surface area (Å²) in [7, 11) is 2.18. The van der Waals surface area contributed by atoms with Crippen molar-refractivity contribution in [2.75, 3.05) is 20.1 Å². The maximum absolute atomic E-state index is 2.37. The molecule has 1 saturated heterocycles. The number of hydrogen-bond donors (Lipinski definition) is 0. The van der Waals surface area contributed by atoms with Gasteiger partial charge in [-0.05, 0) is 33.4 Å². The van der Waals surface area contributed by atoms with Crippen molar-refractivity contribution in [2.45, 2.75) is 19.8 Å². The van der Waals surface area contributed by atoms with Crippen LogP contribution in [0.2, 0.25) is 0 Å². The average molecular weight is 125 g/mol. The molecule has 0 aromatic carbocycles. The fourth-order valence-electron chi connectivity index (χ4n) is 1.32. The first-order valence-corrected chi connectivity index (χ1v) is 3.65. The predicted molar refractivity (Wildman–Crippen MR) is 40.5 cm³/mol. The summed E-state index contributed by atoms with van der Waals surface area (Å²) in [5, 5.41) is 0. The first-order chi connectivity index (χ1) is 4.33. The number of rotatable bonds is 0. The molecule has 0 amide bonds. The lowest BCUT2D eigenvalue weighted by molar-refractivity contribution is 0.322. The minimum absolute atomic E-state index is 1.19. The zero-order chi connectivity index (χ0) is 6.69. The van der Waals surface area contributed by atoms with E-state index in [1.165, 1.54) is 25.9 Å². The van der Waals surface area contributed by atoms with E-state index >= 15 is 0 Å². The van der Waals surface area contributed by atoms with Crippen molar-refractivity contribution in [3.63, 3.8) is 0 Å². The summed E-state index contributed by atoms with van der Waals surface area (Å²) in [6, 6.07) is 0. The summed E-state index contributed by atoms with van der Waals surface area (Å²) in [6.07, 6.45) is 4.91. The molecule has 0 aromatic heterocycles. The molecular formula is C8H15N. The Morgan fingerprint density at radius 3 is 2.78 bits per heavy atom. The quantitative estimate of drug-likeness (QED) is 0.445. The van der Waals surface area contributed by atoms with Gasteiger partial charge in [0.25, 0.3) is 0 Å². The Kier molecular flexibility index (Phi) is 2.29. The van der Waals surface area contributed by atoms with Gasteiger partial charge in [-0.15, -0.1) is 0 Å². The van der Waals surface area contributed by atoms with Gasteiger partial charge >= 0.3 is 0 Å². The van der Waals surface area contributed by atoms with Gasteiger partial charge in [-0.3, -0.25) is 0 Å². The van der Waals surface area contributed by atoms with Crippen LogP contribution in [0.5, 0.6) is 0 Å². The Bertz CT molecular complexity index is 116. The molecule has 1 aliphatic heterocycles. The van der Waals surface area contributed by atoms with Crippen LogP contribution in [0, 0.1) is 0 Å². The van der Waals surface area contributed by atoms with Crippen molar-refractivity contribution in [1.82, 2.24) is 4.90 Å². The minimum Gasteiger partial charge on any atom is -0.302 e. The normalized spacial score (nSPS) is 27.1. The molecule has 0 radical (unpaired) electrons. The molecule has 0 spiro atoms. The lowest BCUT2D eigenvalue weighted by Gasteiger charge is -2.23. The van der Waals surface area contributed by atoms with Crippen LogP contribution in [0.25, 0.3) is 0 Å². The van der Waals surface area contributed by atoms with Gasteiger partial charge in [0.2, 0.25) is 0 Å². The number of allylic oxidation sites excluding steroid dienone is 1. The Hall–Kier alpha value is -0.300. The van der Waals surface area contributed by atoms with Crippen LogP contribution >= 0.6 is 0 Å². The molecule has 0 saturated carbocycles. The Morgan fingerprint density at radius 1 is 1.56 bits per heavy atom. The Morgan fingerprint density at radius 2 is 2.33 bits per heavy atom. The van der Waals surface area contributed by atoms with E-state index in [1.54, 1.807) is 5.57 Å². The number of hydrogen-bond acceptors (Lipinski definition) is 1. The van der Waals surface area contributed by atoms with E-state index in [4.69, 9.17) is 0 Å². The van der Waals surface area contributed by atoms with E-state index in [0.29, 0.717) is 0 Å². The van der Waals surface area contributed by atoms with Gasteiger partial charge in [-0.1, -0.05) is 11.6 Å². The Labute approximate surface area is 57.4 Å². The molecule has 1 fully saturated rings. The highest BCUT2D eigenvalue weighted by Crippen LogP contribution is 2.12. The fourth-order valence-corrected chi connectivity index (χ4v) is 1.32. The van der Waals surface area contributed by atoms with Crippen molar-refractivity contribution < 1.29 is 0 Å². The molecule has 0 aromatic rings. The SMILES string of the molecule is C/C=C1/CCCN(C)C1. The summed E-state index contributed by atoms with van der Waals surface area (Å²) in [5.41, 5.74) is 1.60. The van der Waals surface area contributed by atoms with Gasteiger partial charge < -0.3 is 4.90 Å². The van der Waals surface area contributed by atoms with Gasteiger partial charge in [0.05, 0.1) is 0 Å². The molecule has 9 heavy (non-hydrogen) atoms. The molecule has 0 N–H and O–H groups in total. The zero-order valence-electron chi connectivity index (χ0n) is 6.35. The first kappa shape index (κ1) is 6.81. The van der Waals surface area contributed by atoms with E-state index in [9.17, 15) is 0 Å². The van der Waals surface area contributed by atoms with E-state index < -0.39 is 0 Å². The van der Waals surface area contributed by atoms with Gasteiger partial charge in [0.15, 0.2) is 0 Å². The summed E-state index contributed by atoms with van der Waals surface area (Å²) in [4.78, 5) is 2.37. The third-order valence-corrected chi connectivity index (χ3v) is 1.92. The van der Waals surface area contributed by atoms with Crippen LogP contribution < -0.4 is 0 Å². The molecule has 1 heterocycles. The Balaban J connectivity index is 2.41. The molecule has 1 nitrogen and oxygen atoms in total. The van der Waals surface area contributed by atoms with E-state index in [1.807, 2.05) is 0 Å². The first-order valence-electron chi connectivity index (χ1n) is 3.65. The lowest BCUT2D eigenvalue weighted by Crippen LogP contribution is -2.26. The summed E-state index contributed by atoms with van der Waals surface area (Å²) < 4.78 is 0. The molecule has 1 rings (SSSR count). The van der Waals surface area contributed by atoms with Gasteiger partial charge in [0, 0.05) is 6.54 Å². The highest BCUT2D eigenvalue weighted by Gasteiger charge is 2.07. The number of piperidine rings is 1. The highest BCUT2D eigenvalue weighted by molar-refractivity contribution is 5.04. The minimum atomic E-state index is 1.19. The van der Waals surface area contributed by atoms with Crippen LogP contribution in [0.1, 0.15) is 19.8 Å². The molecule has 0 bridgehead atoms. The summed E-state index contributed by atoms with van der Waals surface area (Å²) in [5.74, 6) is 0. The van der Waals surface area contributed by atoms with Crippen molar-refractivity contribution >= 4 is 0 Å². The largest absolute Gasteiger partial charge is 0.302 e. The second kappa shape index (κ2) is 3.02. The van der Waals surface area contributed by atoms with Crippen LogP contribution in [0.3, 0.4) is 0 Å². The highest BCUT2D eigenvalue weighted by atomic mass is 15.1. The smallest absolute Gasteiger partial charge is 0.0189 e. The standard InChI is InChI=1S/C8H15N/c1-3-8-5-4-6-9(2)7-8/h3H,4-7H2,1-2H3/b8-3-. The van der Waals surface area contributed by atoms with Gasteiger partial charge in [-0.2, -0.15) is 0 Å². The average Bonchev–Trinajstić information content (AvgIpc) is 1.88. The monoisotopic (exact) mass is 125 g/mol. The maximum atomic E-state index is 2.37.